The standard InChI is InChI=1S/C13H20ClN3S/c1-8(2)11-12(14)15-7-16-13(11)17-9-4-5-10(6-9)18-3/h7-10H,4-6H2,1-3H3,(H,15,16,17). The summed E-state index contributed by atoms with van der Waals surface area (Å²) in [6.07, 6.45) is 7.44. The molecule has 0 radical (unpaired) electrons. The van der Waals surface area contributed by atoms with E-state index in [9.17, 15) is 0 Å². The molecule has 100 valence electrons. The van der Waals surface area contributed by atoms with Crippen LogP contribution in [0.1, 0.15) is 44.6 Å². The first-order valence-corrected chi connectivity index (χ1v) is 8.08. The van der Waals surface area contributed by atoms with E-state index in [1.807, 2.05) is 11.8 Å². The van der Waals surface area contributed by atoms with E-state index in [1.54, 1.807) is 0 Å². The molecule has 1 aliphatic carbocycles. The molecule has 2 rings (SSSR count). The van der Waals surface area contributed by atoms with Gasteiger partial charge < -0.3 is 5.32 Å². The van der Waals surface area contributed by atoms with Gasteiger partial charge in [-0.15, -0.1) is 0 Å². The van der Waals surface area contributed by atoms with Gasteiger partial charge in [-0.05, 0) is 31.4 Å². The molecule has 0 saturated heterocycles. The summed E-state index contributed by atoms with van der Waals surface area (Å²) in [7, 11) is 0. The minimum absolute atomic E-state index is 0.332. The van der Waals surface area contributed by atoms with E-state index in [1.165, 1.54) is 25.6 Å². The Bertz CT molecular complexity index is 411. The van der Waals surface area contributed by atoms with Crippen molar-refractivity contribution in [2.45, 2.75) is 50.3 Å². The minimum atomic E-state index is 0.332. The highest BCUT2D eigenvalue weighted by Gasteiger charge is 2.25. The van der Waals surface area contributed by atoms with Crippen LogP contribution in [0.4, 0.5) is 5.82 Å². The normalized spacial score (nSPS) is 23.6. The monoisotopic (exact) mass is 285 g/mol. The molecule has 1 saturated carbocycles. The smallest absolute Gasteiger partial charge is 0.138 e. The van der Waals surface area contributed by atoms with Crippen molar-refractivity contribution in [3.63, 3.8) is 0 Å². The molecule has 5 heteroatoms. The Kier molecular flexibility index (Phi) is 4.73. The van der Waals surface area contributed by atoms with Crippen molar-refractivity contribution in [3.05, 3.63) is 17.0 Å². The van der Waals surface area contributed by atoms with Gasteiger partial charge >= 0.3 is 0 Å². The van der Waals surface area contributed by atoms with Crippen molar-refractivity contribution in [2.24, 2.45) is 0 Å². The Balaban J connectivity index is 2.12. The quantitative estimate of drug-likeness (QED) is 0.850. The van der Waals surface area contributed by atoms with Gasteiger partial charge in [-0.2, -0.15) is 11.8 Å². The summed E-state index contributed by atoms with van der Waals surface area (Å²) in [6.45, 7) is 4.24. The summed E-state index contributed by atoms with van der Waals surface area (Å²) < 4.78 is 0. The Hall–Kier alpha value is -0.480. The Morgan fingerprint density at radius 1 is 1.39 bits per heavy atom. The van der Waals surface area contributed by atoms with Crippen LogP contribution in [-0.2, 0) is 0 Å². The number of nitrogens with one attached hydrogen (secondary N) is 1. The third-order valence-electron chi connectivity index (χ3n) is 3.47. The van der Waals surface area contributed by atoms with E-state index in [2.05, 4.69) is 35.4 Å². The van der Waals surface area contributed by atoms with E-state index in [-0.39, 0.29) is 0 Å². The van der Waals surface area contributed by atoms with Gasteiger partial charge in [0, 0.05) is 16.9 Å². The molecule has 2 atom stereocenters. The lowest BCUT2D eigenvalue weighted by Gasteiger charge is -2.18. The van der Waals surface area contributed by atoms with Crippen LogP contribution in [0.2, 0.25) is 5.15 Å². The summed E-state index contributed by atoms with van der Waals surface area (Å²) in [5.74, 6) is 1.25. The maximum atomic E-state index is 6.17. The second kappa shape index (κ2) is 6.11. The zero-order valence-electron chi connectivity index (χ0n) is 11.1. The first-order chi connectivity index (χ1) is 8.61. The molecule has 0 bridgehead atoms. The first kappa shape index (κ1) is 13.9. The minimum Gasteiger partial charge on any atom is -0.367 e. The van der Waals surface area contributed by atoms with Crippen LogP contribution < -0.4 is 5.32 Å². The van der Waals surface area contributed by atoms with Crippen LogP contribution in [0.3, 0.4) is 0 Å². The van der Waals surface area contributed by atoms with Crippen LogP contribution in [0, 0.1) is 0 Å². The molecular formula is C13H20ClN3S. The van der Waals surface area contributed by atoms with Crippen molar-refractivity contribution in [2.75, 3.05) is 11.6 Å². The van der Waals surface area contributed by atoms with Crippen LogP contribution in [0.5, 0.6) is 0 Å². The van der Waals surface area contributed by atoms with Gasteiger partial charge in [0.2, 0.25) is 0 Å². The van der Waals surface area contributed by atoms with E-state index in [0.717, 1.165) is 16.6 Å². The molecule has 3 nitrogen and oxygen atoms in total. The fraction of sp³-hybridized carbons (Fsp3) is 0.692. The average Bonchev–Trinajstić information content (AvgIpc) is 2.76. The van der Waals surface area contributed by atoms with E-state index in [4.69, 9.17) is 11.6 Å². The highest BCUT2D eigenvalue weighted by molar-refractivity contribution is 7.99. The highest BCUT2D eigenvalue weighted by Crippen LogP contribution is 2.33. The number of halogens is 1. The van der Waals surface area contributed by atoms with Gasteiger partial charge in [0.1, 0.15) is 17.3 Å². The molecular weight excluding hydrogens is 266 g/mol. The SMILES string of the molecule is CSC1CCC(Nc2ncnc(Cl)c2C(C)C)C1. The average molecular weight is 286 g/mol. The Morgan fingerprint density at radius 3 is 2.78 bits per heavy atom. The molecule has 0 aliphatic heterocycles. The fourth-order valence-corrected chi connectivity index (χ4v) is 3.63. The number of aromatic nitrogens is 2. The predicted molar refractivity (Wildman–Crippen MR) is 79.7 cm³/mol. The summed E-state index contributed by atoms with van der Waals surface area (Å²) >= 11 is 8.13. The van der Waals surface area contributed by atoms with E-state index in [0.29, 0.717) is 17.1 Å². The van der Waals surface area contributed by atoms with Gasteiger partial charge in [0.05, 0.1) is 0 Å². The van der Waals surface area contributed by atoms with Gasteiger partial charge in [-0.25, -0.2) is 9.97 Å². The topological polar surface area (TPSA) is 37.8 Å². The summed E-state index contributed by atoms with van der Waals surface area (Å²) in [4.78, 5) is 8.44. The van der Waals surface area contributed by atoms with Crippen molar-refractivity contribution >= 4 is 29.2 Å². The molecule has 1 aliphatic rings. The number of rotatable bonds is 4. The van der Waals surface area contributed by atoms with Crippen molar-refractivity contribution in [1.82, 2.24) is 9.97 Å². The lowest BCUT2D eigenvalue weighted by molar-refractivity contribution is 0.741. The predicted octanol–water partition coefficient (Wildman–Crippen LogP) is 3.95. The number of nitrogens with zero attached hydrogens (tertiary/aromatic N) is 2. The second-order valence-corrected chi connectivity index (χ2v) is 6.59. The molecule has 1 aromatic heterocycles. The third kappa shape index (κ3) is 3.09. The molecule has 1 N–H and O–H groups in total. The number of thioether (sulfide) groups is 1. The van der Waals surface area contributed by atoms with Crippen LogP contribution in [-0.4, -0.2) is 27.5 Å². The van der Waals surface area contributed by atoms with Gasteiger partial charge in [-0.3, -0.25) is 0 Å². The molecule has 1 heterocycles. The maximum absolute atomic E-state index is 6.17. The van der Waals surface area contributed by atoms with Crippen molar-refractivity contribution in [3.8, 4) is 0 Å². The van der Waals surface area contributed by atoms with Gasteiger partial charge in [0.15, 0.2) is 0 Å². The Morgan fingerprint density at radius 2 is 2.17 bits per heavy atom. The summed E-state index contributed by atoms with van der Waals surface area (Å²) in [5.41, 5.74) is 1.03. The largest absolute Gasteiger partial charge is 0.367 e. The lowest BCUT2D eigenvalue weighted by Crippen LogP contribution is -2.18. The van der Waals surface area contributed by atoms with E-state index >= 15 is 0 Å². The van der Waals surface area contributed by atoms with Crippen LogP contribution in [0.15, 0.2) is 6.33 Å². The molecule has 0 amide bonds. The molecule has 18 heavy (non-hydrogen) atoms. The van der Waals surface area contributed by atoms with E-state index < -0.39 is 0 Å². The molecule has 1 aromatic rings. The van der Waals surface area contributed by atoms with Crippen molar-refractivity contribution in [1.29, 1.82) is 0 Å². The highest BCUT2D eigenvalue weighted by atomic mass is 35.5. The zero-order chi connectivity index (χ0) is 13.1. The zero-order valence-corrected chi connectivity index (χ0v) is 12.7. The third-order valence-corrected chi connectivity index (χ3v) is 4.87. The molecule has 0 aromatic carbocycles. The van der Waals surface area contributed by atoms with Gasteiger partial charge in [-0.1, -0.05) is 25.4 Å². The maximum Gasteiger partial charge on any atom is 0.138 e. The first-order valence-electron chi connectivity index (χ1n) is 6.41. The van der Waals surface area contributed by atoms with Crippen molar-refractivity contribution < 1.29 is 0 Å². The molecule has 2 unspecified atom stereocenters. The number of anilines is 1. The Labute approximate surface area is 118 Å². The van der Waals surface area contributed by atoms with Crippen LogP contribution in [0.25, 0.3) is 0 Å². The molecule has 0 spiro atoms. The molecule has 1 fully saturated rings. The number of hydrogen-bond acceptors (Lipinski definition) is 4. The van der Waals surface area contributed by atoms with Gasteiger partial charge in [0.25, 0.3) is 0 Å². The summed E-state index contributed by atoms with van der Waals surface area (Å²) in [6, 6.07) is 0.519. The van der Waals surface area contributed by atoms with Crippen LogP contribution >= 0.6 is 23.4 Å². The summed E-state index contributed by atoms with van der Waals surface area (Å²) in [5, 5.41) is 4.90. The number of hydrogen-bond donors (Lipinski definition) is 1. The lowest BCUT2D eigenvalue weighted by atomic mass is 10.1. The fourth-order valence-electron chi connectivity index (χ4n) is 2.48. The second-order valence-electron chi connectivity index (χ2n) is 5.09.